The summed E-state index contributed by atoms with van der Waals surface area (Å²) in [7, 11) is 1.57. The summed E-state index contributed by atoms with van der Waals surface area (Å²) in [6, 6.07) is 10.9. The second-order valence-electron chi connectivity index (χ2n) is 4.72. The fourth-order valence-corrected chi connectivity index (χ4v) is 3.35. The van der Waals surface area contributed by atoms with Crippen LogP contribution in [0.2, 0.25) is 0 Å². The van der Waals surface area contributed by atoms with Crippen LogP contribution in [0.25, 0.3) is 0 Å². The molecule has 2 aromatic rings. The van der Waals surface area contributed by atoms with Gasteiger partial charge in [0.25, 0.3) is 0 Å². The summed E-state index contributed by atoms with van der Waals surface area (Å²) in [5, 5.41) is 3.98. The summed E-state index contributed by atoms with van der Waals surface area (Å²) in [6.45, 7) is 0. The molecular formula is C16H15Br2N3O2. The van der Waals surface area contributed by atoms with Crippen molar-refractivity contribution in [3.63, 3.8) is 0 Å². The molecule has 0 fully saturated rings. The average Bonchev–Trinajstić information content (AvgIpc) is 2.49. The molecule has 0 saturated carbocycles. The number of nitrogen functional groups attached to an aromatic ring is 1. The van der Waals surface area contributed by atoms with Gasteiger partial charge in [0.2, 0.25) is 5.91 Å². The topological polar surface area (TPSA) is 76.7 Å². The monoisotopic (exact) mass is 439 g/mol. The molecule has 0 atom stereocenters. The molecule has 0 heterocycles. The van der Waals surface area contributed by atoms with Crippen molar-refractivity contribution in [2.24, 2.45) is 5.10 Å². The number of benzene rings is 2. The van der Waals surface area contributed by atoms with Crippen LogP contribution in [0.1, 0.15) is 11.1 Å². The lowest BCUT2D eigenvalue weighted by Gasteiger charge is -2.07. The van der Waals surface area contributed by atoms with Crippen molar-refractivity contribution < 1.29 is 9.53 Å². The maximum Gasteiger partial charge on any atom is 0.244 e. The second-order valence-corrected chi connectivity index (χ2v) is 6.49. The molecule has 120 valence electrons. The molecular weight excluding hydrogens is 426 g/mol. The summed E-state index contributed by atoms with van der Waals surface area (Å²) in [5.74, 6) is 0.434. The fraction of sp³-hybridized carbons (Fsp3) is 0.125. The number of nitrogens with one attached hydrogen (secondary N) is 1. The number of methoxy groups -OCH3 is 1. The van der Waals surface area contributed by atoms with Gasteiger partial charge in [-0.3, -0.25) is 4.79 Å². The van der Waals surface area contributed by atoms with Crippen molar-refractivity contribution in [2.75, 3.05) is 12.8 Å². The lowest BCUT2D eigenvalue weighted by atomic mass is 10.1. The predicted molar refractivity (Wildman–Crippen MR) is 98.7 cm³/mol. The molecule has 1 amide bonds. The van der Waals surface area contributed by atoms with Gasteiger partial charge in [-0.1, -0.05) is 28.1 Å². The highest BCUT2D eigenvalue weighted by Crippen LogP contribution is 2.31. The number of nitrogens with two attached hydrogens (primary N) is 1. The molecule has 5 nitrogen and oxygen atoms in total. The van der Waals surface area contributed by atoms with Crippen LogP contribution >= 0.6 is 31.9 Å². The molecule has 0 spiro atoms. The van der Waals surface area contributed by atoms with Gasteiger partial charge < -0.3 is 10.5 Å². The van der Waals surface area contributed by atoms with E-state index in [2.05, 4.69) is 42.4 Å². The zero-order valence-corrected chi connectivity index (χ0v) is 15.5. The number of hydrogen-bond donors (Lipinski definition) is 2. The first-order chi connectivity index (χ1) is 11.0. The first kappa shape index (κ1) is 17.5. The van der Waals surface area contributed by atoms with Crippen molar-refractivity contribution in [1.29, 1.82) is 0 Å². The maximum absolute atomic E-state index is 11.9. The third-order valence-corrected chi connectivity index (χ3v) is 4.03. The Balaban J connectivity index is 2.01. The van der Waals surface area contributed by atoms with E-state index in [9.17, 15) is 4.79 Å². The van der Waals surface area contributed by atoms with Gasteiger partial charge in [0.15, 0.2) is 0 Å². The van der Waals surface area contributed by atoms with E-state index in [4.69, 9.17) is 10.5 Å². The van der Waals surface area contributed by atoms with Gasteiger partial charge in [-0.25, -0.2) is 5.43 Å². The smallest absolute Gasteiger partial charge is 0.244 e. The van der Waals surface area contributed by atoms with Crippen molar-refractivity contribution in [1.82, 2.24) is 5.43 Å². The molecule has 0 unspecified atom stereocenters. The van der Waals surface area contributed by atoms with Crippen LogP contribution < -0.4 is 15.9 Å². The minimum atomic E-state index is -0.209. The highest BCUT2D eigenvalue weighted by molar-refractivity contribution is 9.11. The van der Waals surface area contributed by atoms with Crippen LogP contribution in [0, 0.1) is 0 Å². The summed E-state index contributed by atoms with van der Waals surface area (Å²) < 4.78 is 6.98. The van der Waals surface area contributed by atoms with Crippen LogP contribution in [0.15, 0.2) is 50.4 Å². The number of rotatable bonds is 5. The molecule has 23 heavy (non-hydrogen) atoms. The van der Waals surface area contributed by atoms with E-state index in [1.54, 1.807) is 19.2 Å². The van der Waals surface area contributed by atoms with Crippen LogP contribution in [0.3, 0.4) is 0 Å². The van der Waals surface area contributed by atoms with E-state index < -0.39 is 0 Å². The summed E-state index contributed by atoms with van der Waals surface area (Å²) in [5.41, 5.74) is 10.4. The molecule has 3 N–H and O–H groups in total. The normalized spacial score (nSPS) is 10.7. The summed E-state index contributed by atoms with van der Waals surface area (Å²) in [4.78, 5) is 11.9. The fourth-order valence-electron chi connectivity index (χ4n) is 1.93. The number of amides is 1. The van der Waals surface area contributed by atoms with Gasteiger partial charge in [-0.2, -0.15) is 5.10 Å². The standard InChI is InChI=1S/C16H15Br2N3O2/c1-23-16-11(7-12(17)8-14(16)18)9-20-21-15(22)6-10-2-4-13(19)5-3-10/h2-5,7-9H,6,19H2,1H3,(H,21,22)/b20-9-. The van der Waals surface area contributed by atoms with Crippen LogP contribution in [0.5, 0.6) is 5.75 Å². The highest BCUT2D eigenvalue weighted by atomic mass is 79.9. The van der Waals surface area contributed by atoms with E-state index in [1.807, 2.05) is 24.3 Å². The molecule has 2 aromatic carbocycles. The number of carbonyl (C=O) groups excluding carboxylic acids is 1. The predicted octanol–water partition coefficient (Wildman–Crippen LogP) is 3.50. The minimum Gasteiger partial charge on any atom is -0.495 e. The first-order valence-electron chi connectivity index (χ1n) is 6.69. The number of halogens is 2. The lowest BCUT2D eigenvalue weighted by Crippen LogP contribution is -2.19. The average molecular weight is 441 g/mol. The van der Waals surface area contributed by atoms with Crippen LogP contribution in [-0.2, 0) is 11.2 Å². The molecule has 0 aliphatic heterocycles. The largest absolute Gasteiger partial charge is 0.495 e. The van der Waals surface area contributed by atoms with Crippen molar-refractivity contribution in [3.8, 4) is 5.75 Å². The second kappa shape index (κ2) is 8.12. The van der Waals surface area contributed by atoms with Gasteiger partial charge in [0, 0.05) is 15.7 Å². The number of nitrogens with zero attached hydrogens (tertiary/aromatic N) is 1. The first-order valence-corrected chi connectivity index (χ1v) is 8.27. The zero-order chi connectivity index (χ0) is 16.8. The van der Waals surface area contributed by atoms with Gasteiger partial charge >= 0.3 is 0 Å². The number of hydrazone groups is 1. The Morgan fingerprint density at radius 3 is 2.65 bits per heavy atom. The minimum absolute atomic E-state index is 0.209. The highest BCUT2D eigenvalue weighted by Gasteiger charge is 2.08. The number of ether oxygens (including phenoxy) is 1. The third kappa shape index (κ3) is 5.07. The molecule has 0 aliphatic carbocycles. The van der Waals surface area contributed by atoms with E-state index in [1.165, 1.54) is 6.21 Å². The molecule has 2 rings (SSSR count). The lowest BCUT2D eigenvalue weighted by molar-refractivity contribution is -0.120. The SMILES string of the molecule is COc1c(Br)cc(Br)cc1/C=N\NC(=O)Cc1ccc(N)cc1. The summed E-state index contributed by atoms with van der Waals surface area (Å²) >= 11 is 6.82. The zero-order valence-electron chi connectivity index (χ0n) is 12.3. The number of hydrogen-bond acceptors (Lipinski definition) is 4. The Bertz CT molecular complexity index is 731. The van der Waals surface area contributed by atoms with Crippen molar-refractivity contribution in [2.45, 2.75) is 6.42 Å². The Morgan fingerprint density at radius 1 is 1.30 bits per heavy atom. The Labute approximate surface area is 151 Å². The van der Waals surface area contributed by atoms with Gasteiger partial charge in [-0.15, -0.1) is 0 Å². The quantitative estimate of drug-likeness (QED) is 0.424. The third-order valence-electron chi connectivity index (χ3n) is 2.98. The van der Waals surface area contributed by atoms with E-state index >= 15 is 0 Å². The Kier molecular flexibility index (Phi) is 6.18. The molecule has 0 radical (unpaired) electrons. The molecule has 0 aliphatic rings. The molecule has 0 saturated heterocycles. The molecule has 7 heteroatoms. The van der Waals surface area contributed by atoms with E-state index in [-0.39, 0.29) is 12.3 Å². The number of anilines is 1. The van der Waals surface area contributed by atoms with Gasteiger partial charge in [0.1, 0.15) is 5.75 Å². The van der Waals surface area contributed by atoms with E-state index in [0.717, 1.165) is 20.1 Å². The van der Waals surface area contributed by atoms with Crippen LogP contribution in [-0.4, -0.2) is 19.2 Å². The number of carbonyl (C=O) groups is 1. The van der Waals surface area contributed by atoms with Gasteiger partial charge in [-0.05, 0) is 45.8 Å². The van der Waals surface area contributed by atoms with Crippen molar-refractivity contribution >= 4 is 49.7 Å². The Hall–Kier alpha value is -1.86. The van der Waals surface area contributed by atoms with Crippen LogP contribution in [0.4, 0.5) is 5.69 Å². The van der Waals surface area contributed by atoms with Gasteiger partial charge in [0.05, 0.1) is 24.2 Å². The maximum atomic E-state index is 11.9. The van der Waals surface area contributed by atoms with Crippen molar-refractivity contribution in [3.05, 3.63) is 56.5 Å². The molecule has 0 aromatic heterocycles. The molecule has 0 bridgehead atoms. The van der Waals surface area contributed by atoms with E-state index in [0.29, 0.717) is 11.4 Å². The summed E-state index contributed by atoms with van der Waals surface area (Å²) in [6.07, 6.45) is 1.77. The Morgan fingerprint density at radius 2 is 2.00 bits per heavy atom.